The van der Waals surface area contributed by atoms with Gasteiger partial charge in [0.25, 0.3) is 0 Å². The number of nitrogens with zero attached hydrogens (tertiary/aromatic N) is 3. The number of guanidine groups is 1. The van der Waals surface area contributed by atoms with Crippen molar-refractivity contribution in [3.8, 4) is 11.5 Å². The summed E-state index contributed by atoms with van der Waals surface area (Å²) in [7, 11) is 9.61. The average Bonchev–Trinajstić information content (AvgIpc) is 2.45. The Hall–Kier alpha value is -1.18. The van der Waals surface area contributed by atoms with Crippen LogP contribution in [0.15, 0.2) is 23.2 Å². The van der Waals surface area contributed by atoms with Crippen LogP contribution >= 0.6 is 24.0 Å². The second kappa shape index (κ2) is 10.5. The van der Waals surface area contributed by atoms with Crippen molar-refractivity contribution in [1.29, 1.82) is 0 Å². The third-order valence-corrected chi connectivity index (χ3v) is 2.89. The molecule has 0 saturated carbocycles. The highest BCUT2D eigenvalue weighted by Gasteiger charge is 2.07. The van der Waals surface area contributed by atoms with Gasteiger partial charge in [0.1, 0.15) is 0 Å². The van der Waals surface area contributed by atoms with Crippen molar-refractivity contribution in [2.45, 2.75) is 19.9 Å². The summed E-state index contributed by atoms with van der Waals surface area (Å²) in [5, 5.41) is 0. The maximum Gasteiger partial charge on any atom is 0.195 e. The van der Waals surface area contributed by atoms with Crippen LogP contribution < -0.4 is 9.47 Å². The van der Waals surface area contributed by atoms with E-state index in [1.807, 2.05) is 56.2 Å². The Kier molecular flexibility index (Phi) is 9.97. The van der Waals surface area contributed by atoms with Crippen molar-refractivity contribution in [3.05, 3.63) is 23.8 Å². The van der Waals surface area contributed by atoms with Gasteiger partial charge in [-0.25, -0.2) is 4.99 Å². The quantitative estimate of drug-likeness (QED) is 0.402. The van der Waals surface area contributed by atoms with Gasteiger partial charge in [-0.2, -0.15) is 0 Å². The van der Waals surface area contributed by atoms with Crippen LogP contribution in [-0.4, -0.2) is 57.7 Å². The van der Waals surface area contributed by atoms with Gasteiger partial charge in [0, 0.05) is 28.2 Å². The lowest BCUT2D eigenvalue weighted by Gasteiger charge is -2.22. The summed E-state index contributed by atoms with van der Waals surface area (Å²) in [5.41, 5.74) is 1.09. The number of rotatable bonds is 6. The Labute approximate surface area is 151 Å². The molecule has 1 rings (SSSR count). The molecule has 0 aliphatic rings. The normalized spacial score (nSPS) is 9.55. The first-order valence-electron chi connectivity index (χ1n) is 7.18. The lowest BCUT2D eigenvalue weighted by Crippen LogP contribution is -2.35. The van der Waals surface area contributed by atoms with E-state index in [0.717, 1.165) is 29.4 Å². The summed E-state index contributed by atoms with van der Waals surface area (Å²) in [6.45, 7) is 3.38. The lowest BCUT2D eigenvalue weighted by atomic mass is 10.2. The fourth-order valence-electron chi connectivity index (χ4n) is 1.99. The maximum absolute atomic E-state index is 5.66. The molecule has 0 heterocycles. The summed E-state index contributed by atoms with van der Waals surface area (Å²) < 4.78 is 11.0. The molecule has 6 heteroatoms. The van der Waals surface area contributed by atoms with E-state index in [1.54, 1.807) is 7.11 Å². The van der Waals surface area contributed by atoms with E-state index in [2.05, 4.69) is 11.9 Å². The topological polar surface area (TPSA) is 37.3 Å². The third kappa shape index (κ3) is 6.29. The van der Waals surface area contributed by atoms with Gasteiger partial charge < -0.3 is 19.3 Å². The Morgan fingerprint density at radius 1 is 1.09 bits per heavy atom. The Morgan fingerprint density at radius 2 is 1.73 bits per heavy atom. The van der Waals surface area contributed by atoms with Gasteiger partial charge in [0.2, 0.25) is 0 Å². The molecular weight excluding hydrogens is 393 g/mol. The van der Waals surface area contributed by atoms with Crippen molar-refractivity contribution in [3.63, 3.8) is 0 Å². The van der Waals surface area contributed by atoms with Crippen LogP contribution in [0.4, 0.5) is 0 Å². The molecule has 0 amide bonds. The maximum atomic E-state index is 5.66. The van der Waals surface area contributed by atoms with Gasteiger partial charge >= 0.3 is 0 Å². The molecule has 0 spiro atoms. The largest absolute Gasteiger partial charge is 0.493 e. The van der Waals surface area contributed by atoms with Gasteiger partial charge in [0.15, 0.2) is 17.5 Å². The fraction of sp³-hybridized carbons (Fsp3) is 0.562. The summed E-state index contributed by atoms with van der Waals surface area (Å²) >= 11 is 0. The Balaban J connectivity index is 0.00000441. The summed E-state index contributed by atoms with van der Waals surface area (Å²) in [6.07, 6.45) is 0.976. The number of halogens is 1. The predicted octanol–water partition coefficient (Wildman–Crippen LogP) is 3.08. The predicted molar refractivity (Wildman–Crippen MR) is 103 cm³/mol. The van der Waals surface area contributed by atoms with Crippen molar-refractivity contribution >= 4 is 29.9 Å². The molecule has 0 unspecified atom stereocenters. The van der Waals surface area contributed by atoms with Gasteiger partial charge in [-0.15, -0.1) is 24.0 Å². The van der Waals surface area contributed by atoms with Crippen LogP contribution in [0.2, 0.25) is 0 Å². The average molecular weight is 421 g/mol. The fourth-order valence-corrected chi connectivity index (χ4v) is 1.99. The van der Waals surface area contributed by atoms with Crippen LogP contribution in [0, 0.1) is 0 Å². The van der Waals surface area contributed by atoms with Crippen molar-refractivity contribution < 1.29 is 9.47 Å². The van der Waals surface area contributed by atoms with Gasteiger partial charge in [-0.05, 0) is 24.1 Å². The molecule has 0 fully saturated rings. The van der Waals surface area contributed by atoms with E-state index in [1.165, 1.54) is 0 Å². The van der Waals surface area contributed by atoms with Crippen LogP contribution in [-0.2, 0) is 6.54 Å². The number of methoxy groups -OCH3 is 1. The van der Waals surface area contributed by atoms with Crippen LogP contribution in [0.3, 0.4) is 0 Å². The minimum absolute atomic E-state index is 0. The second-order valence-electron chi connectivity index (χ2n) is 5.24. The monoisotopic (exact) mass is 421 g/mol. The highest BCUT2D eigenvalue weighted by atomic mass is 127. The van der Waals surface area contributed by atoms with Gasteiger partial charge in [-0.1, -0.05) is 13.0 Å². The molecule has 0 N–H and O–H groups in total. The van der Waals surface area contributed by atoms with E-state index >= 15 is 0 Å². The molecule has 1 aromatic carbocycles. The second-order valence-corrected chi connectivity index (χ2v) is 5.24. The Morgan fingerprint density at radius 3 is 2.23 bits per heavy atom. The molecule has 0 aliphatic carbocycles. The molecule has 0 atom stereocenters. The molecule has 126 valence electrons. The van der Waals surface area contributed by atoms with Crippen molar-refractivity contribution in [2.24, 2.45) is 4.99 Å². The van der Waals surface area contributed by atoms with E-state index in [9.17, 15) is 0 Å². The molecule has 1 aromatic rings. The van der Waals surface area contributed by atoms with Crippen LogP contribution in [0.1, 0.15) is 18.9 Å². The zero-order valence-electron chi connectivity index (χ0n) is 14.4. The zero-order chi connectivity index (χ0) is 15.8. The first-order valence-corrected chi connectivity index (χ1v) is 7.18. The first kappa shape index (κ1) is 20.8. The smallest absolute Gasteiger partial charge is 0.195 e. The minimum atomic E-state index is 0. The SMILES string of the molecule is CCCOc1ccc(CN=C(N(C)C)N(C)C)cc1OC.I. The molecule has 5 nitrogen and oxygen atoms in total. The number of benzene rings is 1. The summed E-state index contributed by atoms with van der Waals surface area (Å²) in [6, 6.07) is 5.96. The number of hydrogen-bond acceptors (Lipinski definition) is 3. The number of hydrogen-bond donors (Lipinski definition) is 0. The molecular formula is C16H28IN3O2. The molecule has 0 radical (unpaired) electrons. The molecule has 22 heavy (non-hydrogen) atoms. The van der Waals surface area contributed by atoms with E-state index in [-0.39, 0.29) is 24.0 Å². The highest BCUT2D eigenvalue weighted by Crippen LogP contribution is 2.28. The van der Waals surface area contributed by atoms with E-state index in [0.29, 0.717) is 13.2 Å². The minimum Gasteiger partial charge on any atom is -0.493 e. The zero-order valence-corrected chi connectivity index (χ0v) is 16.8. The lowest BCUT2D eigenvalue weighted by molar-refractivity contribution is 0.294. The first-order chi connectivity index (χ1) is 9.99. The number of aliphatic imine (C=N–C) groups is 1. The van der Waals surface area contributed by atoms with Crippen LogP contribution in [0.5, 0.6) is 11.5 Å². The summed E-state index contributed by atoms with van der Waals surface area (Å²) in [5.74, 6) is 2.47. The van der Waals surface area contributed by atoms with Crippen molar-refractivity contribution in [2.75, 3.05) is 41.9 Å². The number of ether oxygens (including phenoxy) is 2. The third-order valence-electron chi connectivity index (χ3n) is 2.89. The molecule has 0 aromatic heterocycles. The van der Waals surface area contributed by atoms with E-state index in [4.69, 9.17) is 9.47 Å². The molecule has 0 saturated heterocycles. The van der Waals surface area contributed by atoms with Crippen LogP contribution in [0.25, 0.3) is 0 Å². The summed E-state index contributed by atoms with van der Waals surface area (Å²) in [4.78, 5) is 8.62. The Bertz CT molecular complexity index is 466. The van der Waals surface area contributed by atoms with Gasteiger partial charge in [0.05, 0.1) is 20.3 Å². The van der Waals surface area contributed by atoms with Gasteiger partial charge in [-0.3, -0.25) is 0 Å². The van der Waals surface area contributed by atoms with Crippen molar-refractivity contribution in [1.82, 2.24) is 9.80 Å². The standard InChI is InChI=1S/C16H27N3O2.HI/c1-7-10-21-14-9-8-13(11-15(14)20-6)12-17-16(18(2)3)19(4)5;/h8-9,11H,7,10,12H2,1-6H3;1H. The molecule has 0 aliphatic heterocycles. The molecule has 0 bridgehead atoms. The highest BCUT2D eigenvalue weighted by molar-refractivity contribution is 14.0. The van der Waals surface area contributed by atoms with E-state index < -0.39 is 0 Å².